The first-order valence-corrected chi connectivity index (χ1v) is 10.0. The number of guanidine groups is 1. The van der Waals surface area contributed by atoms with Gasteiger partial charge in [0.05, 0.1) is 6.61 Å². The summed E-state index contributed by atoms with van der Waals surface area (Å²) in [5, 5.41) is 3.73. The van der Waals surface area contributed by atoms with Crippen molar-refractivity contribution >= 4 is 5.96 Å². The first-order valence-electron chi connectivity index (χ1n) is 10.0. The maximum absolute atomic E-state index is 5.51. The Morgan fingerprint density at radius 1 is 1.17 bits per heavy atom. The minimum Gasteiger partial charge on any atom is -0.381 e. The molecule has 0 amide bonds. The van der Waals surface area contributed by atoms with Crippen molar-refractivity contribution in [3.05, 3.63) is 0 Å². The van der Waals surface area contributed by atoms with Crippen molar-refractivity contribution < 1.29 is 4.74 Å². The molecule has 24 heavy (non-hydrogen) atoms. The lowest BCUT2D eigenvalue weighted by molar-refractivity contribution is 0.102. The third-order valence-electron chi connectivity index (χ3n) is 6.82. The molecule has 4 fully saturated rings. The molecular weight excluding hydrogens is 300 g/mol. The zero-order chi connectivity index (χ0) is 16.4. The van der Waals surface area contributed by atoms with Crippen LogP contribution in [-0.4, -0.2) is 75.3 Å². The Balaban J connectivity index is 1.23. The Labute approximate surface area is 146 Å². The third-order valence-corrected chi connectivity index (χ3v) is 6.82. The maximum Gasteiger partial charge on any atom is 0.193 e. The summed E-state index contributed by atoms with van der Waals surface area (Å²) in [5.74, 6) is 2.89. The predicted octanol–water partition coefficient (Wildman–Crippen LogP) is 1.80. The lowest BCUT2D eigenvalue weighted by Crippen LogP contribution is -2.55. The summed E-state index contributed by atoms with van der Waals surface area (Å²) in [6.07, 6.45) is 8.46. The Kier molecular flexibility index (Phi) is 5.00. The molecule has 136 valence electrons. The minimum atomic E-state index is 0.611. The molecule has 1 atom stereocenters. The Morgan fingerprint density at radius 3 is 2.50 bits per heavy atom. The summed E-state index contributed by atoms with van der Waals surface area (Å²) in [4.78, 5) is 9.65. The van der Waals surface area contributed by atoms with Crippen LogP contribution in [0.5, 0.6) is 0 Å². The highest BCUT2D eigenvalue weighted by Gasteiger charge is 2.48. The highest BCUT2D eigenvalue weighted by Crippen LogP contribution is 2.56. The van der Waals surface area contributed by atoms with Crippen molar-refractivity contribution in [1.82, 2.24) is 15.1 Å². The smallest absolute Gasteiger partial charge is 0.193 e. The van der Waals surface area contributed by atoms with Gasteiger partial charge in [0.2, 0.25) is 0 Å². The standard InChI is InChI=1S/C19H34N4O/c1-20-18(21-15-19(6-2-7-19)17-3-4-17)23-10-8-22(9-11-23)13-16-5-12-24-14-16/h16-17H,2-15H2,1H3,(H,20,21). The van der Waals surface area contributed by atoms with Gasteiger partial charge in [-0.05, 0) is 49.4 Å². The number of ether oxygens (including phenoxy) is 1. The number of aliphatic imine (C=N–C) groups is 1. The van der Waals surface area contributed by atoms with E-state index < -0.39 is 0 Å². The molecule has 2 saturated carbocycles. The lowest BCUT2D eigenvalue weighted by Gasteiger charge is -2.44. The van der Waals surface area contributed by atoms with Crippen LogP contribution in [0, 0.1) is 17.3 Å². The molecule has 0 spiro atoms. The van der Waals surface area contributed by atoms with E-state index in [-0.39, 0.29) is 0 Å². The second-order valence-electron chi connectivity index (χ2n) is 8.41. The molecule has 2 heterocycles. The molecule has 5 heteroatoms. The zero-order valence-corrected chi connectivity index (χ0v) is 15.3. The van der Waals surface area contributed by atoms with E-state index in [1.54, 1.807) is 0 Å². The maximum atomic E-state index is 5.51. The summed E-state index contributed by atoms with van der Waals surface area (Å²) in [6.45, 7) is 8.80. The molecule has 0 radical (unpaired) electrons. The van der Waals surface area contributed by atoms with Gasteiger partial charge in [0.15, 0.2) is 5.96 Å². The van der Waals surface area contributed by atoms with Crippen LogP contribution in [0.15, 0.2) is 4.99 Å². The van der Waals surface area contributed by atoms with E-state index in [4.69, 9.17) is 4.74 Å². The van der Waals surface area contributed by atoms with Gasteiger partial charge < -0.3 is 15.0 Å². The molecule has 4 aliphatic rings. The fourth-order valence-electron chi connectivity index (χ4n) is 4.88. The first kappa shape index (κ1) is 16.6. The summed E-state index contributed by atoms with van der Waals surface area (Å²) in [6, 6.07) is 0. The highest BCUT2D eigenvalue weighted by molar-refractivity contribution is 5.80. The van der Waals surface area contributed by atoms with Crippen molar-refractivity contribution in [2.75, 3.05) is 59.5 Å². The van der Waals surface area contributed by atoms with E-state index >= 15 is 0 Å². The van der Waals surface area contributed by atoms with E-state index in [1.165, 1.54) is 45.1 Å². The van der Waals surface area contributed by atoms with Crippen molar-refractivity contribution in [3.8, 4) is 0 Å². The number of nitrogens with one attached hydrogen (secondary N) is 1. The van der Waals surface area contributed by atoms with E-state index in [2.05, 4.69) is 20.1 Å². The summed E-state index contributed by atoms with van der Waals surface area (Å²) in [5.41, 5.74) is 0.611. The number of hydrogen-bond acceptors (Lipinski definition) is 3. The normalized spacial score (nSPS) is 31.1. The number of nitrogens with zero attached hydrogens (tertiary/aromatic N) is 3. The minimum absolute atomic E-state index is 0.611. The molecule has 0 aromatic carbocycles. The van der Waals surface area contributed by atoms with Gasteiger partial charge >= 0.3 is 0 Å². The van der Waals surface area contributed by atoms with Gasteiger partial charge in [0.25, 0.3) is 0 Å². The van der Waals surface area contributed by atoms with Crippen LogP contribution in [0.4, 0.5) is 0 Å². The van der Waals surface area contributed by atoms with Crippen LogP contribution < -0.4 is 5.32 Å². The van der Waals surface area contributed by atoms with E-state index in [1.807, 2.05) is 7.05 Å². The number of piperazine rings is 1. The topological polar surface area (TPSA) is 40.1 Å². The molecule has 0 bridgehead atoms. The van der Waals surface area contributed by atoms with Crippen LogP contribution in [-0.2, 0) is 4.74 Å². The SMILES string of the molecule is CN=C(NCC1(C2CC2)CCC1)N1CCN(CC2CCOC2)CC1. The molecule has 2 aliphatic carbocycles. The molecule has 0 aromatic heterocycles. The van der Waals surface area contributed by atoms with Gasteiger partial charge in [-0.2, -0.15) is 0 Å². The van der Waals surface area contributed by atoms with Gasteiger partial charge in [-0.15, -0.1) is 0 Å². The predicted molar refractivity (Wildman–Crippen MR) is 97.3 cm³/mol. The van der Waals surface area contributed by atoms with E-state index in [9.17, 15) is 0 Å². The number of hydrogen-bond donors (Lipinski definition) is 1. The van der Waals surface area contributed by atoms with E-state index in [0.717, 1.165) is 63.7 Å². The molecule has 2 saturated heterocycles. The van der Waals surface area contributed by atoms with Crippen LogP contribution in [0.3, 0.4) is 0 Å². The summed E-state index contributed by atoms with van der Waals surface area (Å²) < 4.78 is 5.51. The van der Waals surface area contributed by atoms with Crippen molar-refractivity contribution in [2.24, 2.45) is 22.2 Å². The molecular formula is C19H34N4O. The average molecular weight is 335 g/mol. The van der Waals surface area contributed by atoms with Crippen molar-refractivity contribution in [3.63, 3.8) is 0 Å². The second kappa shape index (κ2) is 7.20. The molecule has 0 aromatic rings. The van der Waals surface area contributed by atoms with Crippen molar-refractivity contribution in [1.29, 1.82) is 0 Å². The fraction of sp³-hybridized carbons (Fsp3) is 0.947. The van der Waals surface area contributed by atoms with Crippen LogP contribution in [0.25, 0.3) is 0 Å². The third kappa shape index (κ3) is 3.57. The van der Waals surface area contributed by atoms with Gasteiger partial charge in [-0.3, -0.25) is 9.89 Å². The fourth-order valence-corrected chi connectivity index (χ4v) is 4.88. The first-order chi connectivity index (χ1) is 11.8. The van der Waals surface area contributed by atoms with E-state index in [0.29, 0.717) is 5.41 Å². The zero-order valence-electron chi connectivity index (χ0n) is 15.3. The van der Waals surface area contributed by atoms with Crippen molar-refractivity contribution in [2.45, 2.75) is 38.5 Å². The molecule has 1 N–H and O–H groups in total. The number of rotatable bonds is 5. The quantitative estimate of drug-likeness (QED) is 0.615. The average Bonchev–Trinajstić information content (AvgIpc) is 3.29. The highest BCUT2D eigenvalue weighted by atomic mass is 16.5. The van der Waals surface area contributed by atoms with Crippen LogP contribution >= 0.6 is 0 Å². The van der Waals surface area contributed by atoms with Gasteiger partial charge in [-0.1, -0.05) is 6.42 Å². The molecule has 5 nitrogen and oxygen atoms in total. The van der Waals surface area contributed by atoms with Gasteiger partial charge in [0.1, 0.15) is 0 Å². The molecule has 2 aliphatic heterocycles. The lowest BCUT2D eigenvalue weighted by atomic mass is 9.65. The Hall–Kier alpha value is -0.810. The monoisotopic (exact) mass is 334 g/mol. The largest absolute Gasteiger partial charge is 0.381 e. The summed E-state index contributed by atoms with van der Waals surface area (Å²) in [7, 11) is 1.94. The van der Waals surface area contributed by atoms with Crippen LogP contribution in [0.1, 0.15) is 38.5 Å². The Morgan fingerprint density at radius 2 is 1.96 bits per heavy atom. The van der Waals surface area contributed by atoms with Crippen LogP contribution in [0.2, 0.25) is 0 Å². The second-order valence-corrected chi connectivity index (χ2v) is 8.41. The van der Waals surface area contributed by atoms with Gasteiger partial charge in [0, 0.05) is 52.9 Å². The summed E-state index contributed by atoms with van der Waals surface area (Å²) >= 11 is 0. The molecule has 4 rings (SSSR count). The Bertz CT molecular complexity index is 444. The van der Waals surface area contributed by atoms with Gasteiger partial charge in [-0.25, -0.2) is 0 Å². The molecule has 1 unspecified atom stereocenters.